The number of fused-ring (bicyclic) bond motifs is 6. The molecule has 0 aliphatic carbocycles. The maximum atomic E-state index is 14.3. The number of hydrogen-bond acceptors (Lipinski definition) is 20. The molecule has 2 atom stereocenters. The van der Waals surface area contributed by atoms with E-state index in [9.17, 15) is 81.7 Å². The summed E-state index contributed by atoms with van der Waals surface area (Å²) in [4.78, 5) is 0.307. The number of nitrogens with one attached hydrogen (secondary N) is 2. The lowest BCUT2D eigenvalue weighted by molar-refractivity contribution is -0.0622. The van der Waals surface area contributed by atoms with Gasteiger partial charge in [-0.1, -0.05) is 82.6 Å². The number of phenolic OH excluding ortho intramolecular Hbond substituents is 16. The van der Waals surface area contributed by atoms with Crippen LogP contribution in [0, 0.1) is 55.4 Å². The SMILES string of the molecule is Bc1c(C)c(C)c(O)c(B)c1-c1c(O)c(C)c(O)c([SH](C)(c2ccccc2)(c2ccccc2)c2c(C)c(C)c(O)c(C3NC(n4c5c(O)c(O)c(C)c(B)c5c5c(O)c(S)c(O)c(O)c54)N3Nn3c4c(C)c(O)c(C)c(B)c4c4c(O)c(O)c(O)c(O)c43)c2O)c1O. The molecular formula is C65H67B4N5O16S2. The summed E-state index contributed by atoms with van der Waals surface area (Å²) in [6.07, 6.45) is -1.53. The topological polar surface area (TPSA) is 361 Å². The van der Waals surface area contributed by atoms with Crippen molar-refractivity contribution >= 4 is 119 Å². The molecule has 21 nitrogen and oxygen atoms in total. The summed E-state index contributed by atoms with van der Waals surface area (Å²) in [5.41, 5.74) is 5.58. The van der Waals surface area contributed by atoms with Gasteiger partial charge in [0.05, 0.1) is 42.7 Å². The van der Waals surface area contributed by atoms with E-state index in [1.54, 1.807) is 127 Å². The zero-order chi connectivity index (χ0) is 67.2. The van der Waals surface area contributed by atoms with Crippen molar-refractivity contribution in [2.24, 2.45) is 0 Å². The molecule has 0 radical (unpaired) electrons. The summed E-state index contributed by atoms with van der Waals surface area (Å²) >= 11 is 4.35. The monoisotopic (exact) mass is 1280 g/mol. The van der Waals surface area contributed by atoms with E-state index >= 15 is 0 Å². The minimum absolute atomic E-state index is 0.0144. The smallest absolute Gasteiger partial charge is 0.206 e. The van der Waals surface area contributed by atoms with Crippen LogP contribution >= 0.6 is 21.8 Å². The molecule has 2 aromatic heterocycles. The maximum absolute atomic E-state index is 14.3. The van der Waals surface area contributed by atoms with Crippen LogP contribution in [-0.2, 0) is 0 Å². The second kappa shape index (κ2) is 20.5. The zero-order valence-corrected chi connectivity index (χ0v) is 54.1. The molecule has 0 spiro atoms. The number of hydrogen-bond donors (Lipinski definition) is 20. The third-order valence-electron chi connectivity index (χ3n) is 20.4. The quantitative estimate of drug-likeness (QED) is 0.0386. The highest BCUT2D eigenvalue weighted by atomic mass is 32.3. The minimum Gasteiger partial charge on any atom is -0.508 e. The molecule has 92 heavy (non-hydrogen) atoms. The Morgan fingerprint density at radius 2 is 0.880 bits per heavy atom. The van der Waals surface area contributed by atoms with Gasteiger partial charge in [0.25, 0.3) is 0 Å². The molecule has 0 bridgehead atoms. The highest BCUT2D eigenvalue weighted by Gasteiger charge is 2.55. The van der Waals surface area contributed by atoms with Gasteiger partial charge in [0.2, 0.25) is 11.5 Å². The normalized spacial score (nSPS) is 15.0. The Hall–Kier alpha value is -9.94. The molecule has 18 N–H and O–H groups in total. The van der Waals surface area contributed by atoms with Crippen molar-refractivity contribution in [2.45, 2.75) is 92.3 Å². The van der Waals surface area contributed by atoms with E-state index in [4.69, 9.17) is 0 Å². The Balaban J connectivity index is 1.27. The van der Waals surface area contributed by atoms with Crippen molar-refractivity contribution in [1.29, 1.82) is 0 Å². The number of aromatic nitrogens is 2. The number of benzene rings is 9. The molecule has 2 unspecified atom stereocenters. The Morgan fingerprint density at radius 1 is 0.391 bits per heavy atom. The molecule has 9 aromatic carbocycles. The Kier molecular flexibility index (Phi) is 13.9. The molecular weight excluding hydrogens is 1210 g/mol. The lowest BCUT2D eigenvalue weighted by atomic mass is 9.73. The lowest BCUT2D eigenvalue weighted by Gasteiger charge is -2.61. The number of rotatable bonds is 9. The number of nitrogens with zero attached hydrogens (tertiary/aromatic N) is 3. The van der Waals surface area contributed by atoms with Crippen molar-refractivity contribution in [3.05, 3.63) is 111 Å². The molecule has 472 valence electrons. The first-order valence-electron chi connectivity index (χ1n) is 29.2. The van der Waals surface area contributed by atoms with Crippen LogP contribution in [0.5, 0.6) is 92.0 Å². The molecule has 1 fully saturated rings. The van der Waals surface area contributed by atoms with Crippen LogP contribution in [0.15, 0.2) is 85.1 Å². The third kappa shape index (κ3) is 7.51. The van der Waals surface area contributed by atoms with Gasteiger partial charge in [-0.15, -0.1) is 17.6 Å². The minimum atomic E-state index is -5.27. The number of thiol groups is 2. The predicted octanol–water partition coefficient (Wildman–Crippen LogP) is 5.11. The van der Waals surface area contributed by atoms with Crippen molar-refractivity contribution in [3.63, 3.8) is 0 Å². The van der Waals surface area contributed by atoms with E-state index in [1.165, 1.54) is 30.3 Å². The van der Waals surface area contributed by atoms with Gasteiger partial charge < -0.3 is 86.3 Å². The lowest BCUT2D eigenvalue weighted by Crippen LogP contribution is -2.63. The first kappa shape index (κ1) is 62.3. The molecule has 1 aliphatic heterocycles. The van der Waals surface area contributed by atoms with Crippen LogP contribution in [0.25, 0.3) is 54.7 Å². The molecule has 1 saturated heterocycles. The standard InChI is InChI=1S/C65H67B4N5O16S2/c1-20-21(2)48(78)40(69)30(37(20)66)35-47(77)27(8)50(80)63(53(35)83)92(9,28-16-12-10-13-17-28,29-18-14-11-15-19-29)62-23(4)22(3)46(76)36(54(62)84)64-70-65(72-42-32(39(68)25(6)49(79)55(42)85)33-43(72)56(86)60(90)61(91)52(33)82)74(64)71-73-41-26(7)45(75)24(5)38(67)31(41)34-44(73)57(87)59(89)58(88)51(34)81/h10-19,64-65,70-71,75-92H,66-69H2,1-9H3. The summed E-state index contributed by atoms with van der Waals surface area (Å²) in [7, 11) is 1.34. The molecule has 0 saturated carbocycles. The fourth-order valence-corrected chi connectivity index (χ4v) is 21.3. The fourth-order valence-electron chi connectivity index (χ4n) is 14.7. The average molecular weight is 1280 g/mol. The van der Waals surface area contributed by atoms with Crippen molar-refractivity contribution < 1.29 is 81.7 Å². The van der Waals surface area contributed by atoms with Crippen molar-refractivity contribution in [2.75, 3.05) is 11.8 Å². The average Bonchev–Trinajstić information content (AvgIpc) is 0.733. The van der Waals surface area contributed by atoms with Gasteiger partial charge in [0.15, 0.2) is 40.8 Å². The van der Waals surface area contributed by atoms with Crippen LogP contribution in [0.1, 0.15) is 62.5 Å². The van der Waals surface area contributed by atoms with Gasteiger partial charge in [-0.25, -0.2) is 4.68 Å². The Bertz CT molecular complexity index is 4960. The van der Waals surface area contributed by atoms with Crippen molar-refractivity contribution in [3.8, 4) is 103 Å². The van der Waals surface area contributed by atoms with Gasteiger partial charge in [0.1, 0.15) is 94.6 Å². The summed E-state index contributed by atoms with van der Waals surface area (Å²) in [6.45, 7) is 12.9. The molecule has 11 aromatic rings. The zero-order valence-electron chi connectivity index (χ0n) is 52.3. The number of hydrazine groups is 1. The van der Waals surface area contributed by atoms with E-state index in [1.807, 2.05) is 6.26 Å². The summed E-state index contributed by atoms with van der Waals surface area (Å²) in [6, 6.07) is 17.6. The first-order valence-corrected chi connectivity index (χ1v) is 32.3. The van der Waals surface area contributed by atoms with Crippen LogP contribution in [0.3, 0.4) is 0 Å². The van der Waals surface area contributed by atoms with E-state index in [-0.39, 0.29) is 109 Å². The molecule has 27 heteroatoms. The van der Waals surface area contributed by atoms with Gasteiger partial charge in [-0.3, -0.25) is 10.9 Å². The second-order valence-electron chi connectivity index (χ2n) is 24.6. The first-order chi connectivity index (χ1) is 43.2. The summed E-state index contributed by atoms with van der Waals surface area (Å²) < 4.78 is 2.35. The van der Waals surface area contributed by atoms with Crippen LogP contribution in [-0.4, -0.2) is 134 Å². The Labute approximate surface area is 535 Å². The second-order valence-corrected chi connectivity index (χ2v) is 30.1. The highest BCUT2D eigenvalue weighted by Crippen LogP contribution is 2.93. The van der Waals surface area contributed by atoms with Crippen LogP contribution < -0.4 is 32.7 Å². The van der Waals surface area contributed by atoms with Crippen LogP contribution in [0.4, 0.5) is 0 Å². The summed E-state index contributed by atoms with van der Waals surface area (Å²) in [5, 5.41) is 201. The van der Waals surface area contributed by atoms with E-state index in [2.05, 4.69) is 23.5 Å². The van der Waals surface area contributed by atoms with Crippen LogP contribution in [0.2, 0.25) is 0 Å². The molecule has 1 aliphatic rings. The van der Waals surface area contributed by atoms with Gasteiger partial charge in [0, 0.05) is 26.8 Å². The van der Waals surface area contributed by atoms with Gasteiger partial charge >= 0.3 is 0 Å². The van der Waals surface area contributed by atoms with E-state index < -0.39 is 113 Å². The largest absolute Gasteiger partial charge is 0.508 e. The summed E-state index contributed by atoms with van der Waals surface area (Å²) in [5.74, 6) is -11.3. The maximum Gasteiger partial charge on any atom is 0.206 e. The van der Waals surface area contributed by atoms with Gasteiger partial charge in [-0.05, 0) is 110 Å². The highest BCUT2D eigenvalue weighted by molar-refractivity contribution is 8.49. The van der Waals surface area contributed by atoms with E-state index in [0.717, 1.165) is 4.68 Å². The molecule has 0 amide bonds. The fraction of sp³-hybridized carbons (Fsp3) is 0.169. The van der Waals surface area contributed by atoms with Crippen molar-refractivity contribution in [1.82, 2.24) is 19.6 Å². The van der Waals surface area contributed by atoms with Gasteiger partial charge in [-0.2, -0.15) is 9.16 Å². The predicted molar refractivity (Wildman–Crippen MR) is 369 cm³/mol. The third-order valence-corrected chi connectivity index (χ3v) is 27.2. The number of aromatic hydroxyl groups is 16. The number of phenols is 16. The Morgan fingerprint density at radius 3 is 1.46 bits per heavy atom. The molecule has 12 rings (SSSR count). The molecule has 3 heterocycles. The number of aryl methyl sites for hydroxylation is 1. The van der Waals surface area contributed by atoms with E-state index in [0.29, 0.717) is 42.9 Å².